The van der Waals surface area contributed by atoms with E-state index in [4.69, 9.17) is 4.74 Å². The second-order valence-corrected chi connectivity index (χ2v) is 11.7. The molecule has 5 atom stereocenters. The lowest BCUT2D eigenvalue weighted by atomic mass is 9.62. The van der Waals surface area contributed by atoms with E-state index in [1.165, 1.54) is 76.2 Å². The van der Waals surface area contributed by atoms with Crippen molar-refractivity contribution in [3.63, 3.8) is 0 Å². The van der Waals surface area contributed by atoms with E-state index in [1.54, 1.807) is 5.57 Å². The maximum Gasteiger partial charge on any atom is 0.0685 e. The van der Waals surface area contributed by atoms with Crippen molar-refractivity contribution in [3.8, 4) is 0 Å². The maximum atomic E-state index is 6.55. The van der Waals surface area contributed by atoms with Crippen molar-refractivity contribution in [3.05, 3.63) is 29.5 Å². The van der Waals surface area contributed by atoms with Gasteiger partial charge < -0.3 is 4.74 Å². The Bertz CT molecular complexity index is 666. The molecule has 5 unspecified atom stereocenters. The van der Waals surface area contributed by atoms with Gasteiger partial charge in [0, 0.05) is 5.41 Å². The number of hydrogen-bond donors (Lipinski definition) is 0. The summed E-state index contributed by atoms with van der Waals surface area (Å²) in [5.41, 5.74) is 7.40. The van der Waals surface area contributed by atoms with E-state index in [0.717, 1.165) is 24.4 Å². The predicted octanol–water partition coefficient (Wildman–Crippen LogP) is 8.65. The van der Waals surface area contributed by atoms with Gasteiger partial charge in [-0.2, -0.15) is 0 Å². The third-order valence-corrected chi connectivity index (χ3v) is 9.16. The fourth-order valence-electron chi connectivity index (χ4n) is 7.13. The average Bonchev–Trinajstić information content (AvgIpc) is 3.08. The van der Waals surface area contributed by atoms with Crippen molar-refractivity contribution in [1.29, 1.82) is 0 Å². The van der Waals surface area contributed by atoms with Crippen molar-refractivity contribution < 1.29 is 4.74 Å². The molecule has 1 saturated heterocycles. The van der Waals surface area contributed by atoms with Gasteiger partial charge in [0.25, 0.3) is 0 Å². The first kappa shape index (κ1) is 23.9. The highest BCUT2D eigenvalue weighted by molar-refractivity contribution is 5.28. The third kappa shape index (κ3) is 4.68. The lowest BCUT2D eigenvalue weighted by molar-refractivity contribution is -0.149. The van der Waals surface area contributed by atoms with E-state index >= 15 is 0 Å². The van der Waals surface area contributed by atoms with Gasteiger partial charge in [-0.3, -0.25) is 0 Å². The van der Waals surface area contributed by atoms with Crippen LogP contribution in [0.4, 0.5) is 0 Å². The minimum absolute atomic E-state index is 0.219. The lowest BCUT2D eigenvalue weighted by Gasteiger charge is -2.48. The van der Waals surface area contributed by atoms with Gasteiger partial charge in [0.2, 0.25) is 0 Å². The molecule has 0 amide bonds. The quantitative estimate of drug-likeness (QED) is 0.333. The van der Waals surface area contributed by atoms with Gasteiger partial charge in [0.1, 0.15) is 0 Å². The molecule has 3 fully saturated rings. The van der Waals surface area contributed by atoms with Crippen LogP contribution in [0.25, 0.3) is 0 Å². The zero-order valence-electron chi connectivity index (χ0n) is 20.9. The average molecular weight is 413 g/mol. The Kier molecular flexibility index (Phi) is 7.46. The minimum atomic E-state index is 0.219. The summed E-state index contributed by atoms with van der Waals surface area (Å²) in [6.45, 7) is 18.6. The van der Waals surface area contributed by atoms with Gasteiger partial charge in [-0.15, -0.1) is 5.73 Å². The summed E-state index contributed by atoms with van der Waals surface area (Å²) < 4.78 is 6.55. The van der Waals surface area contributed by atoms with Crippen molar-refractivity contribution in [2.24, 2.45) is 28.6 Å². The van der Waals surface area contributed by atoms with Crippen molar-refractivity contribution in [1.82, 2.24) is 0 Å². The summed E-state index contributed by atoms with van der Waals surface area (Å²) in [5, 5.41) is 0. The first-order valence-electron chi connectivity index (χ1n) is 13.0. The molecular weight excluding hydrogens is 364 g/mol. The molecule has 0 aromatic rings. The van der Waals surface area contributed by atoms with Gasteiger partial charge in [0.15, 0.2) is 0 Å². The SMILES string of the molecule is C=C=C1CCC2C(CCC3CCCC4(CCC(C)(C)CO4)C3)C(C)=CCC12C.CC. The molecule has 1 nitrogen and oxygen atoms in total. The normalized spacial score (nSPS) is 40.1. The molecule has 0 aromatic carbocycles. The number of allylic oxidation sites excluding steroid dienone is 3. The van der Waals surface area contributed by atoms with Crippen LogP contribution in [0.3, 0.4) is 0 Å². The summed E-state index contributed by atoms with van der Waals surface area (Å²) in [4.78, 5) is 0. The van der Waals surface area contributed by atoms with E-state index in [1.807, 2.05) is 13.8 Å². The zero-order valence-corrected chi connectivity index (χ0v) is 20.9. The maximum absolute atomic E-state index is 6.55. The van der Waals surface area contributed by atoms with Crippen LogP contribution in [0.2, 0.25) is 0 Å². The summed E-state index contributed by atoms with van der Waals surface area (Å²) in [5.74, 6) is 2.45. The molecule has 30 heavy (non-hydrogen) atoms. The Morgan fingerprint density at radius 1 is 1.10 bits per heavy atom. The molecule has 0 N–H and O–H groups in total. The number of hydrogen-bond acceptors (Lipinski definition) is 1. The van der Waals surface area contributed by atoms with Crippen LogP contribution in [-0.4, -0.2) is 12.2 Å². The topological polar surface area (TPSA) is 9.23 Å². The molecule has 1 aliphatic heterocycles. The minimum Gasteiger partial charge on any atom is -0.374 e. The summed E-state index contributed by atoms with van der Waals surface area (Å²) in [6.07, 6.45) is 17.1. The molecule has 170 valence electrons. The van der Waals surface area contributed by atoms with E-state index in [0.29, 0.717) is 10.8 Å². The Labute approximate surface area is 187 Å². The van der Waals surface area contributed by atoms with E-state index in [-0.39, 0.29) is 5.60 Å². The van der Waals surface area contributed by atoms with Gasteiger partial charge >= 0.3 is 0 Å². The Hall–Kier alpha value is -0.780. The van der Waals surface area contributed by atoms with Crippen LogP contribution in [0, 0.1) is 28.6 Å². The van der Waals surface area contributed by atoms with Crippen molar-refractivity contribution >= 4 is 0 Å². The van der Waals surface area contributed by atoms with Crippen molar-refractivity contribution in [2.75, 3.05) is 6.61 Å². The monoisotopic (exact) mass is 412 g/mol. The van der Waals surface area contributed by atoms with E-state index < -0.39 is 0 Å². The fourth-order valence-corrected chi connectivity index (χ4v) is 7.13. The van der Waals surface area contributed by atoms with Crippen LogP contribution in [0.15, 0.2) is 29.5 Å². The largest absolute Gasteiger partial charge is 0.374 e. The first-order valence-corrected chi connectivity index (χ1v) is 13.0. The van der Waals surface area contributed by atoms with Crippen LogP contribution >= 0.6 is 0 Å². The van der Waals surface area contributed by atoms with Gasteiger partial charge in [0.05, 0.1) is 12.2 Å². The van der Waals surface area contributed by atoms with E-state index in [9.17, 15) is 0 Å². The van der Waals surface area contributed by atoms with Crippen LogP contribution in [-0.2, 0) is 4.74 Å². The fraction of sp³-hybridized carbons (Fsp3) is 0.828. The van der Waals surface area contributed by atoms with Crippen LogP contribution in [0.1, 0.15) is 112 Å². The molecule has 2 saturated carbocycles. The highest BCUT2D eigenvalue weighted by Crippen LogP contribution is 2.58. The molecule has 1 heteroatoms. The van der Waals surface area contributed by atoms with E-state index in [2.05, 4.69) is 46.1 Å². The number of ether oxygens (including phenoxy) is 1. The Morgan fingerprint density at radius 3 is 2.53 bits per heavy atom. The molecule has 0 radical (unpaired) electrons. The molecule has 4 aliphatic rings. The molecule has 1 heterocycles. The van der Waals surface area contributed by atoms with Gasteiger partial charge in [-0.1, -0.05) is 65.7 Å². The van der Waals surface area contributed by atoms with Crippen LogP contribution < -0.4 is 0 Å². The highest BCUT2D eigenvalue weighted by atomic mass is 16.5. The smallest absolute Gasteiger partial charge is 0.0685 e. The molecule has 4 rings (SSSR count). The van der Waals surface area contributed by atoms with Crippen molar-refractivity contribution in [2.45, 2.75) is 118 Å². The highest BCUT2D eigenvalue weighted by Gasteiger charge is 2.48. The molecule has 1 spiro atoms. The molecule has 0 bridgehead atoms. The number of fused-ring (bicyclic) bond motifs is 1. The first-order chi connectivity index (χ1) is 14.3. The predicted molar refractivity (Wildman–Crippen MR) is 130 cm³/mol. The summed E-state index contributed by atoms with van der Waals surface area (Å²) in [7, 11) is 0. The second-order valence-electron chi connectivity index (χ2n) is 11.7. The third-order valence-electron chi connectivity index (χ3n) is 9.16. The summed E-state index contributed by atoms with van der Waals surface area (Å²) in [6, 6.07) is 0. The standard InChI is InChI=1S/C27H42O.C2H6/c1-6-22-10-12-24-23(20(2)13-15-26(22,24)5)11-9-21-8-7-14-27(18-21)17-16-25(3,4)19-28-27;1-2/h13,21,23-24H,1,7-12,14-19H2,2-5H3;1-2H3. The molecule has 0 aromatic heterocycles. The Morgan fingerprint density at radius 2 is 1.87 bits per heavy atom. The Balaban J connectivity index is 0.00000124. The lowest BCUT2D eigenvalue weighted by Crippen LogP contribution is -2.45. The zero-order chi connectivity index (χ0) is 22.0. The second kappa shape index (κ2) is 9.38. The van der Waals surface area contributed by atoms with Gasteiger partial charge in [-0.25, -0.2) is 0 Å². The van der Waals surface area contributed by atoms with Crippen LogP contribution in [0.5, 0.6) is 0 Å². The van der Waals surface area contributed by atoms with Gasteiger partial charge in [-0.05, 0) is 93.5 Å². The molecule has 3 aliphatic carbocycles. The number of rotatable bonds is 3. The summed E-state index contributed by atoms with van der Waals surface area (Å²) >= 11 is 0. The molecular formula is C29H48O.